The Bertz CT molecular complexity index is 3180. The van der Waals surface area contributed by atoms with Crippen LogP contribution in [0, 0.1) is 0 Å². The fourth-order valence-corrected chi connectivity index (χ4v) is 6.94. The topological polar surface area (TPSA) is 195 Å². The summed E-state index contributed by atoms with van der Waals surface area (Å²) in [6.07, 6.45) is 11.9. The summed E-state index contributed by atoms with van der Waals surface area (Å²) in [5, 5.41) is 13.0. The number of nitrogens with zero attached hydrogens (tertiary/aromatic N) is 8. The normalized spacial score (nSPS) is 11.3. The van der Waals surface area contributed by atoms with E-state index in [-0.39, 0.29) is 40.1 Å². The van der Waals surface area contributed by atoms with Gasteiger partial charge in [0.25, 0.3) is 11.1 Å². The first-order chi connectivity index (χ1) is 31.9. The highest BCUT2D eigenvalue weighted by Gasteiger charge is 2.26. The van der Waals surface area contributed by atoms with Crippen LogP contribution < -0.4 is 32.0 Å². The molecule has 0 aliphatic heterocycles. The molecule has 0 aliphatic rings. The van der Waals surface area contributed by atoms with Gasteiger partial charge in [-0.15, -0.1) is 0 Å². The van der Waals surface area contributed by atoms with E-state index >= 15 is 0 Å². The number of halogens is 2. The predicted molar refractivity (Wildman–Crippen MR) is 253 cm³/mol. The summed E-state index contributed by atoms with van der Waals surface area (Å²) in [5.74, 6) is 1.58. The van der Waals surface area contributed by atoms with Crippen LogP contribution in [0.3, 0.4) is 0 Å². The first-order valence-electron chi connectivity index (χ1n) is 20.9. The molecule has 8 rings (SSSR count). The number of aliphatic hydroxyl groups excluding tert-OH is 1. The van der Waals surface area contributed by atoms with Gasteiger partial charge in [0.1, 0.15) is 40.9 Å². The van der Waals surface area contributed by atoms with Gasteiger partial charge >= 0.3 is 11.4 Å². The van der Waals surface area contributed by atoms with Crippen LogP contribution in [-0.2, 0) is 27.2 Å². The van der Waals surface area contributed by atoms with Crippen LogP contribution in [0.15, 0.2) is 135 Å². The van der Waals surface area contributed by atoms with Gasteiger partial charge in [0, 0.05) is 60.8 Å². The van der Waals surface area contributed by atoms with Gasteiger partial charge in [0.05, 0.1) is 35.6 Å². The number of aryl methyl sites for hydroxylation is 2. The van der Waals surface area contributed by atoms with Crippen LogP contribution in [0.5, 0.6) is 23.0 Å². The number of benzene rings is 2. The van der Waals surface area contributed by atoms with Crippen LogP contribution in [0.25, 0.3) is 22.1 Å². The summed E-state index contributed by atoms with van der Waals surface area (Å²) >= 11 is 11.6. The first-order valence-corrected chi connectivity index (χ1v) is 21.6. The standard InChI is InChI=1S/C24H23ClN4O4.C17H18N4O3.C7H5ClO/c1-3-4-12-29-23(31)20-19(21(30)15-7-9-16(25)10-8-15)18(33-17-6-5-11-26-13-17)14-27-22(20)28(2)24(29)32;1-3-4-8-21-16(22)14-9-13(24-12-6-5-7-18-10-12)11-19-15(14)20(2)17(21)23;8-7-3-1-6(5-9)2-4-7/h5-11,13-14,21,30H,3-4,12H2,1-2H3;5-7,9-11H,3-4,8H2,1-2H3;1-5H. The Morgan fingerprint density at radius 2 is 1.20 bits per heavy atom. The number of ether oxygens (including phenoxy) is 2. The van der Waals surface area contributed by atoms with Crippen LogP contribution in [0.1, 0.15) is 67.1 Å². The Hall–Kier alpha value is -7.27. The van der Waals surface area contributed by atoms with Crippen molar-refractivity contribution in [3.63, 3.8) is 0 Å². The van der Waals surface area contributed by atoms with E-state index in [1.807, 2.05) is 13.8 Å². The van der Waals surface area contributed by atoms with Crippen LogP contribution in [-0.4, -0.2) is 49.6 Å². The largest absolute Gasteiger partial charge is 0.454 e. The van der Waals surface area contributed by atoms with Crippen LogP contribution in [0.4, 0.5) is 0 Å². The van der Waals surface area contributed by atoms with E-state index in [0.29, 0.717) is 62.4 Å². The monoisotopic (exact) mass is 932 g/mol. The molecular formula is C48H46Cl2N8O8. The molecule has 18 heteroatoms. The third-order valence-corrected chi connectivity index (χ3v) is 10.7. The highest BCUT2D eigenvalue weighted by atomic mass is 35.5. The maximum Gasteiger partial charge on any atom is 0.332 e. The minimum Gasteiger partial charge on any atom is -0.454 e. The van der Waals surface area contributed by atoms with Gasteiger partial charge in [0.15, 0.2) is 5.75 Å². The van der Waals surface area contributed by atoms with E-state index in [9.17, 15) is 29.1 Å². The molecule has 66 heavy (non-hydrogen) atoms. The highest BCUT2D eigenvalue weighted by molar-refractivity contribution is 6.30. The van der Waals surface area contributed by atoms with Crippen LogP contribution >= 0.6 is 23.2 Å². The lowest BCUT2D eigenvalue weighted by molar-refractivity contribution is 0.112. The molecule has 16 nitrogen and oxygen atoms in total. The molecule has 340 valence electrons. The number of pyridine rings is 4. The number of unbranched alkanes of at least 4 members (excludes halogenated alkanes) is 2. The Labute approximate surface area is 388 Å². The number of carbonyl (C=O) groups is 1. The summed E-state index contributed by atoms with van der Waals surface area (Å²) in [7, 11) is 3.17. The lowest BCUT2D eigenvalue weighted by Crippen LogP contribution is -2.40. The zero-order chi connectivity index (χ0) is 47.3. The third-order valence-electron chi connectivity index (χ3n) is 10.2. The van der Waals surface area contributed by atoms with Crippen molar-refractivity contribution in [2.75, 3.05) is 0 Å². The van der Waals surface area contributed by atoms with Crippen molar-refractivity contribution in [2.24, 2.45) is 14.1 Å². The molecule has 0 fully saturated rings. The average Bonchev–Trinajstić information content (AvgIpc) is 3.34. The summed E-state index contributed by atoms with van der Waals surface area (Å²) < 4.78 is 16.8. The van der Waals surface area contributed by atoms with Crippen molar-refractivity contribution in [3.8, 4) is 23.0 Å². The Kier molecular flexibility index (Phi) is 16.5. The molecule has 6 aromatic heterocycles. The zero-order valence-corrected chi connectivity index (χ0v) is 38.0. The summed E-state index contributed by atoms with van der Waals surface area (Å²) in [6, 6.07) is 21.9. The smallest absolute Gasteiger partial charge is 0.332 e. The SMILES string of the molecule is CCCCn1c(=O)c2c(C(O)c3ccc(Cl)cc3)c(Oc3cccnc3)cnc2n(C)c1=O.CCCCn1c(=O)c2cc(Oc3cccnc3)cnc2n(C)c1=O.O=Cc1ccc(Cl)cc1. The molecule has 0 aliphatic carbocycles. The maximum absolute atomic E-state index is 13.5. The minimum absolute atomic E-state index is 0.122. The minimum atomic E-state index is -1.23. The number of hydrogen-bond donors (Lipinski definition) is 1. The number of aldehydes is 1. The molecule has 6 heterocycles. The molecule has 0 radical (unpaired) electrons. The second-order valence-corrected chi connectivity index (χ2v) is 15.7. The average molecular weight is 934 g/mol. The van der Waals surface area contributed by atoms with E-state index in [1.54, 1.807) is 112 Å². The number of carbonyl (C=O) groups excluding carboxylic acids is 1. The number of aliphatic hydroxyl groups is 1. The molecule has 0 saturated carbocycles. The van der Waals surface area contributed by atoms with Crippen molar-refractivity contribution in [2.45, 2.75) is 58.7 Å². The van der Waals surface area contributed by atoms with Gasteiger partial charge in [-0.1, -0.05) is 74.2 Å². The van der Waals surface area contributed by atoms with Crippen molar-refractivity contribution in [1.82, 2.24) is 38.2 Å². The fourth-order valence-electron chi connectivity index (χ4n) is 6.69. The van der Waals surface area contributed by atoms with Crippen LogP contribution in [0.2, 0.25) is 10.0 Å². The summed E-state index contributed by atoms with van der Waals surface area (Å²) in [5.41, 5.74) is 0.221. The van der Waals surface area contributed by atoms with Gasteiger partial charge in [-0.05, 0) is 73.0 Å². The van der Waals surface area contributed by atoms with Gasteiger partial charge in [0.2, 0.25) is 0 Å². The molecule has 1 unspecified atom stereocenters. The van der Waals surface area contributed by atoms with Crippen molar-refractivity contribution in [1.29, 1.82) is 0 Å². The quantitative estimate of drug-likeness (QED) is 0.109. The molecule has 0 bridgehead atoms. The fraction of sp³-hybridized carbons (Fsp3) is 0.229. The Morgan fingerprint density at radius 3 is 1.74 bits per heavy atom. The summed E-state index contributed by atoms with van der Waals surface area (Å²) in [4.78, 5) is 78.0. The Morgan fingerprint density at radius 1 is 0.667 bits per heavy atom. The second kappa shape index (κ2) is 22.6. The maximum atomic E-state index is 13.5. The molecular weight excluding hydrogens is 887 g/mol. The van der Waals surface area contributed by atoms with E-state index in [2.05, 4.69) is 19.9 Å². The molecule has 2 aromatic carbocycles. The molecule has 0 spiro atoms. The zero-order valence-electron chi connectivity index (χ0n) is 36.5. The van der Waals surface area contributed by atoms with Gasteiger partial charge in [-0.2, -0.15) is 0 Å². The van der Waals surface area contributed by atoms with Gasteiger partial charge in [-0.25, -0.2) is 19.6 Å². The molecule has 0 amide bonds. The Balaban J connectivity index is 0.000000189. The van der Waals surface area contributed by atoms with Crippen molar-refractivity contribution < 1.29 is 19.4 Å². The van der Waals surface area contributed by atoms with E-state index in [0.717, 1.165) is 25.5 Å². The predicted octanol–water partition coefficient (Wildman–Crippen LogP) is 8.05. The molecule has 1 atom stereocenters. The van der Waals surface area contributed by atoms with E-state index in [4.69, 9.17) is 32.7 Å². The lowest BCUT2D eigenvalue weighted by atomic mass is 9.98. The molecule has 1 N–H and O–H groups in total. The summed E-state index contributed by atoms with van der Waals surface area (Å²) in [6.45, 7) is 4.65. The number of hydrogen-bond acceptors (Lipinski definition) is 12. The van der Waals surface area contributed by atoms with Gasteiger partial charge in [-0.3, -0.25) is 42.6 Å². The molecule has 8 aromatic rings. The third kappa shape index (κ3) is 11.3. The van der Waals surface area contributed by atoms with Crippen molar-refractivity contribution >= 4 is 51.6 Å². The van der Waals surface area contributed by atoms with Gasteiger partial charge < -0.3 is 14.6 Å². The van der Waals surface area contributed by atoms with E-state index < -0.39 is 17.4 Å². The first kappa shape index (κ1) is 48.2. The van der Waals surface area contributed by atoms with Crippen molar-refractivity contribution in [3.05, 3.63) is 184 Å². The lowest BCUT2D eigenvalue weighted by Gasteiger charge is -2.20. The van der Waals surface area contributed by atoms with E-state index in [1.165, 1.54) is 36.9 Å². The number of aromatic nitrogens is 8. The highest BCUT2D eigenvalue weighted by Crippen LogP contribution is 2.36. The molecule has 0 saturated heterocycles. The second-order valence-electron chi connectivity index (χ2n) is 14.8. The number of rotatable bonds is 13. The number of fused-ring (bicyclic) bond motifs is 2.